The van der Waals surface area contributed by atoms with Gasteiger partial charge in [0.15, 0.2) is 5.60 Å². The molecule has 6 nitrogen and oxygen atoms in total. The van der Waals surface area contributed by atoms with E-state index in [0.29, 0.717) is 25.9 Å². The van der Waals surface area contributed by atoms with Crippen molar-refractivity contribution < 1.29 is 18.3 Å². The molecule has 0 aliphatic carbocycles. The molecule has 0 saturated carbocycles. The molecule has 1 N–H and O–H groups in total. The smallest absolute Gasteiger partial charge is 0.380 e. The van der Waals surface area contributed by atoms with E-state index in [1.165, 1.54) is 6.33 Å². The van der Waals surface area contributed by atoms with Gasteiger partial charge in [0.25, 0.3) is 5.82 Å². The van der Waals surface area contributed by atoms with Crippen molar-refractivity contribution in [3.05, 3.63) is 12.2 Å². The van der Waals surface area contributed by atoms with E-state index in [1.807, 2.05) is 6.07 Å². The molecule has 0 bridgehead atoms. The lowest BCUT2D eigenvalue weighted by Crippen LogP contribution is -2.52. The van der Waals surface area contributed by atoms with Crippen molar-refractivity contribution in [1.82, 2.24) is 19.7 Å². The Morgan fingerprint density at radius 3 is 2.52 bits per heavy atom. The highest BCUT2D eigenvalue weighted by molar-refractivity contribution is 5.05. The first-order chi connectivity index (χ1) is 9.73. The molecule has 0 aromatic carbocycles. The van der Waals surface area contributed by atoms with Crippen molar-refractivity contribution in [3.8, 4) is 6.07 Å². The summed E-state index contributed by atoms with van der Waals surface area (Å²) < 4.78 is 39.5. The van der Waals surface area contributed by atoms with Crippen LogP contribution < -0.4 is 0 Å². The third-order valence-corrected chi connectivity index (χ3v) is 3.68. The minimum atomic E-state index is -4.64. The number of nitriles is 1. The summed E-state index contributed by atoms with van der Waals surface area (Å²) in [4.78, 5) is 5.40. The van der Waals surface area contributed by atoms with Crippen LogP contribution in [0.3, 0.4) is 0 Å². The van der Waals surface area contributed by atoms with Crippen LogP contribution >= 0.6 is 0 Å². The zero-order valence-corrected chi connectivity index (χ0v) is 11.5. The number of halogens is 3. The molecule has 1 fully saturated rings. The van der Waals surface area contributed by atoms with Gasteiger partial charge >= 0.3 is 6.18 Å². The molecule has 2 heterocycles. The molecule has 1 saturated heterocycles. The van der Waals surface area contributed by atoms with Crippen molar-refractivity contribution >= 4 is 0 Å². The maximum atomic E-state index is 12.6. The number of hydrogen-bond donors (Lipinski definition) is 1. The lowest BCUT2D eigenvalue weighted by Gasteiger charge is -2.37. The normalized spacial score (nSPS) is 21.0. The lowest BCUT2D eigenvalue weighted by molar-refractivity contribution is -0.258. The number of β-amino-alcohol motifs (C(OH)–C–C–N with tert-alkyl or cyclic N) is 1. The Labute approximate surface area is 119 Å². The standard InChI is InChI=1S/C12H16F3N5O/c1-11(21,12(13,14)15)7-19-4-2-9(3-5-19)20-8-17-10(6-16)18-20/h8-9,21H,2-5,7H2,1H3. The van der Waals surface area contributed by atoms with Crippen LogP contribution in [0.25, 0.3) is 0 Å². The summed E-state index contributed by atoms with van der Waals surface area (Å²) in [5, 5.41) is 22.1. The second-order valence-corrected chi connectivity index (χ2v) is 5.44. The first kappa shape index (κ1) is 15.7. The van der Waals surface area contributed by atoms with Crippen molar-refractivity contribution in [3.63, 3.8) is 0 Å². The average Bonchev–Trinajstić information content (AvgIpc) is 2.86. The minimum Gasteiger partial charge on any atom is -0.380 e. The molecule has 0 amide bonds. The molecule has 0 spiro atoms. The van der Waals surface area contributed by atoms with E-state index in [0.717, 1.165) is 6.92 Å². The fourth-order valence-corrected chi connectivity index (χ4v) is 2.37. The van der Waals surface area contributed by atoms with Gasteiger partial charge < -0.3 is 5.11 Å². The van der Waals surface area contributed by atoms with Crippen LogP contribution in [0.5, 0.6) is 0 Å². The minimum absolute atomic E-state index is 0.0201. The number of nitrogens with zero attached hydrogens (tertiary/aromatic N) is 5. The Bertz CT molecular complexity index is 526. The van der Waals surface area contributed by atoms with Crippen molar-refractivity contribution in [2.24, 2.45) is 0 Å². The summed E-state index contributed by atoms with van der Waals surface area (Å²) in [5.41, 5.74) is -2.71. The highest BCUT2D eigenvalue weighted by Crippen LogP contribution is 2.32. The van der Waals surface area contributed by atoms with Gasteiger partial charge in [-0.1, -0.05) is 0 Å². The highest BCUT2D eigenvalue weighted by Gasteiger charge is 2.50. The van der Waals surface area contributed by atoms with E-state index in [-0.39, 0.29) is 11.9 Å². The Morgan fingerprint density at radius 1 is 1.43 bits per heavy atom. The Hall–Kier alpha value is -1.66. The van der Waals surface area contributed by atoms with Crippen LogP contribution in [-0.4, -0.2) is 56.2 Å². The predicted octanol–water partition coefficient (Wildman–Crippen LogP) is 1.10. The maximum absolute atomic E-state index is 12.6. The summed E-state index contributed by atoms with van der Waals surface area (Å²) in [6.45, 7) is 1.21. The van der Waals surface area contributed by atoms with Gasteiger partial charge in [0.05, 0.1) is 6.04 Å². The van der Waals surface area contributed by atoms with E-state index in [1.54, 1.807) is 9.58 Å². The molecule has 1 aliphatic rings. The van der Waals surface area contributed by atoms with Crippen LogP contribution in [0, 0.1) is 11.3 Å². The van der Waals surface area contributed by atoms with Gasteiger partial charge in [-0.2, -0.15) is 18.4 Å². The fourth-order valence-electron chi connectivity index (χ4n) is 2.37. The molecule has 1 unspecified atom stereocenters. The van der Waals surface area contributed by atoms with Gasteiger partial charge in [-0.25, -0.2) is 9.67 Å². The summed E-state index contributed by atoms with van der Waals surface area (Å²) >= 11 is 0. The fraction of sp³-hybridized carbons (Fsp3) is 0.750. The molecule has 1 aliphatic heterocycles. The molecule has 21 heavy (non-hydrogen) atoms. The van der Waals surface area contributed by atoms with Crippen LogP contribution in [0.4, 0.5) is 13.2 Å². The van der Waals surface area contributed by atoms with Gasteiger partial charge in [-0.3, -0.25) is 4.90 Å². The summed E-state index contributed by atoms with van der Waals surface area (Å²) in [6.07, 6.45) is -1.98. The molecule has 116 valence electrons. The zero-order valence-electron chi connectivity index (χ0n) is 11.5. The van der Waals surface area contributed by atoms with E-state index in [2.05, 4.69) is 10.1 Å². The van der Waals surface area contributed by atoms with E-state index >= 15 is 0 Å². The molecular formula is C12H16F3N5O. The number of alkyl halides is 3. The quantitative estimate of drug-likeness (QED) is 0.904. The molecule has 1 atom stereocenters. The van der Waals surface area contributed by atoms with E-state index < -0.39 is 18.3 Å². The summed E-state index contributed by atoms with van der Waals surface area (Å²) in [7, 11) is 0. The topological polar surface area (TPSA) is 78.0 Å². The largest absolute Gasteiger partial charge is 0.418 e. The van der Waals surface area contributed by atoms with Gasteiger partial charge in [0.2, 0.25) is 0 Å². The third kappa shape index (κ3) is 3.51. The average molecular weight is 303 g/mol. The second-order valence-electron chi connectivity index (χ2n) is 5.44. The molecule has 1 aromatic rings. The number of likely N-dealkylation sites (tertiary alicyclic amines) is 1. The first-order valence-corrected chi connectivity index (χ1v) is 6.55. The number of piperidine rings is 1. The number of rotatable bonds is 3. The van der Waals surface area contributed by atoms with Crippen LogP contribution in [0.15, 0.2) is 6.33 Å². The first-order valence-electron chi connectivity index (χ1n) is 6.55. The maximum Gasteiger partial charge on any atom is 0.418 e. The monoisotopic (exact) mass is 303 g/mol. The second kappa shape index (κ2) is 5.61. The molecule has 9 heteroatoms. The van der Waals surface area contributed by atoms with Crippen molar-refractivity contribution in [2.45, 2.75) is 37.6 Å². The van der Waals surface area contributed by atoms with E-state index in [9.17, 15) is 18.3 Å². The molecular weight excluding hydrogens is 287 g/mol. The molecule has 2 rings (SSSR count). The van der Waals surface area contributed by atoms with E-state index in [4.69, 9.17) is 5.26 Å². The number of aromatic nitrogens is 3. The Morgan fingerprint density at radius 2 is 2.05 bits per heavy atom. The van der Waals surface area contributed by atoms with Crippen molar-refractivity contribution in [2.75, 3.05) is 19.6 Å². The van der Waals surface area contributed by atoms with Gasteiger partial charge in [-0.05, 0) is 19.8 Å². The predicted molar refractivity (Wildman–Crippen MR) is 66.1 cm³/mol. The van der Waals surface area contributed by atoms with Gasteiger partial charge in [0.1, 0.15) is 12.4 Å². The summed E-state index contributed by atoms with van der Waals surface area (Å²) in [6, 6.07) is 1.85. The third-order valence-electron chi connectivity index (χ3n) is 3.68. The van der Waals surface area contributed by atoms with Crippen molar-refractivity contribution in [1.29, 1.82) is 5.26 Å². The summed E-state index contributed by atoms with van der Waals surface area (Å²) in [5.74, 6) is 0.0810. The van der Waals surface area contributed by atoms with Crippen LogP contribution in [0.1, 0.15) is 31.6 Å². The molecule has 0 radical (unpaired) electrons. The lowest BCUT2D eigenvalue weighted by atomic mass is 10.0. The van der Waals surface area contributed by atoms with Gasteiger partial charge in [-0.15, -0.1) is 5.10 Å². The SMILES string of the molecule is CC(O)(CN1CCC(n2cnc(C#N)n2)CC1)C(F)(F)F. The van der Waals surface area contributed by atoms with Gasteiger partial charge in [0, 0.05) is 19.6 Å². The highest BCUT2D eigenvalue weighted by atomic mass is 19.4. The Balaban J connectivity index is 1.90. The number of aliphatic hydroxyl groups is 1. The Kier molecular flexibility index (Phi) is 4.20. The number of hydrogen-bond acceptors (Lipinski definition) is 5. The van der Waals surface area contributed by atoms with Crippen LogP contribution in [-0.2, 0) is 0 Å². The molecule has 1 aromatic heterocycles. The van der Waals surface area contributed by atoms with Crippen LogP contribution in [0.2, 0.25) is 0 Å². The zero-order chi connectivity index (χ0) is 15.7.